The van der Waals surface area contributed by atoms with Crippen LogP contribution in [0.25, 0.3) is 0 Å². The van der Waals surface area contributed by atoms with Gasteiger partial charge in [-0.15, -0.1) is 0 Å². The zero-order chi connectivity index (χ0) is 32.6. The number of piperidine rings is 1. The van der Waals surface area contributed by atoms with Gasteiger partial charge < -0.3 is 44.4 Å². The predicted octanol–water partition coefficient (Wildman–Crippen LogP) is 2.35. The van der Waals surface area contributed by atoms with Crippen LogP contribution in [-0.2, 0) is 23.1 Å². The Kier molecular flexibility index (Phi) is 10.6. The van der Waals surface area contributed by atoms with Crippen molar-refractivity contribution in [2.75, 3.05) is 46.5 Å². The molecule has 4 amide bonds. The molecule has 3 N–H and O–H groups in total. The first-order chi connectivity index (χ1) is 22.2. The van der Waals surface area contributed by atoms with Gasteiger partial charge in [-0.2, -0.15) is 0 Å². The first-order valence-corrected chi connectivity index (χ1v) is 15.2. The van der Waals surface area contributed by atoms with Gasteiger partial charge in [-0.05, 0) is 55.3 Å². The van der Waals surface area contributed by atoms with E-state index in [1.54, 1.807) is 62.4 Å². The Bertz CT molecular complexity index is 1640. The third kappa shape index (κ3) is 8.03. The zero-order valence-electron chi connectivity index (χ0n) is 26.2. The smallest absolute Gasteiger partial charge is 0.315 e. The molecule has 1 saturated heterocycles. The number of urea groups is 1. The molecular weight excluding hydrogens is 594 g/mol. The second kappa shape index (κ2) is 14.9. The van der Waals surface area contributed by atoms with E-state index in [0.717, 1.165) is 11.3 Å². The molecule has 4 bridgehead atoms. The van der Waals surface area contributed by atoms with E-state index in [1.807, 2.05) is 18.2 Å². The number of rotatable bonds is 5. The Morgan fingerprint density at radius 1 is 1.00 bits per heavy atom. The van der Waals surface area contributed by atoms with Crippen molar-refractivity contribution >= 4 is 17.8 Å². The van der Waals surface area contributed by atoms with Crippen molar-refractivity contribution < 1.29 is 33.3 Å². The number of aromatic nitrogens is 1. The van der Waals surface area contributed by atoms with Gasteiger partial charge in [0.25, 0.3) is 17.4 Å². The van der Waals surface area contributed by atoms with Crippen LogP contribution in [0.1, 0.15) is 38.4 Å². The topological polar surface area (TPSA) is 149 Å². The van der Waals surface area contributed by atoms with E-state index in [4.69, 9.17) is 18.9 Å². The van der Waals surface area contributed by atoms with E-state index in [9.17, 15) is 19.2 Å². The molecule has 3 aromatic rings. The number of hydrogen-bond donors (Lipinski definition) is 3. The first-order valence-electron chi connectivity index (χ1n) is 15.2. The molecule has 244 valence electrons. The number of aryl methyl sites for hydroxylation is 1. The molecule has 1 aromatic heterocycles. The summed E-state index contributed by atoms with van der Waals surface area (Å²) in [4.78, 5) is 53.7. The van der Waals surface area contributed by atoms with E-state index < -0.39 is 18.2 Å². The number of pyridine rings is 1. The number of fused-ring (bicyclic) bond motifs is 5. The minimum absolute atomic E-state index is 0.0839. The van der Waals surface area contributed by atoms with Gasteiger partial charge in [-0.25, -0.2) is 4.79 Å². The maximum atomic E-state index is 13.4. The Labute approximate surface area is 266 Å². The quantitative estimate of drug-likeness (QED) is 0.363. The summed E-state index contributed by atoms with van der Waals surface area (Å²) in [5.74, 6) is 0.628. The number of benzene rings is 2. The van der Waals surface area contributed by atoms with Crippen LogP contribution in [0.15, 0.2) is 59.4 Å². The molecule has 2 aromatic carbocycles. The Hall–Kier alpha value is -4.88. The van der Waals surface area contributed by atoms with Crippen molar-refractivity contribution in [2.45, 2.75) is 32.1 Å². The molecule has 2 aliphatic heterocycles. The van der Waals surface area contributed by atoms with Gasteiger partial charge in [-0.3, -0.25) is 14.4 Å². The van der Waals surface area contributed by atoms with Crippen molar-refractivity contribution in [3.63, 3.8) is 0 Å². The first kappa shape index (κ1) is 32.5. The molecule has 0 aliphatic carbocycles. The van der Waals surface area contributed by atoms with Crippen LogP contribution >= 0.6 is 0 Å². The summed E-state index contributed by atoms with van der Waals surface area (Å²) in [7, 11) is 3.21. The number of amides is 4. The van der Waals surface area contributed by atoms with Gasteiger partial charge in [0.15, 0.2) is 0 Å². The fourth-order valence-corrected chi connectivity index (χ4v) is 5.30. The van der Waals surface area contributed by atoms with Crippen LogP contribution in [0.4, 0.5) is 4.79 Å². The SMILES string of the molecule is COCCOc1cc2cc(c1)C(=O)NCCNC(=O)N[C@H]1CCN(C(=O)c3ccc(C)n(C)c3=O)C[C@@H]1OCc1cccc(c1)O2. The number of likely N-dealkylation sites (tertiary alicyclic amines) is 1. The van der Waals surface area contributed by atoms with Crippen molar-refractivity contribution in [1.29, 1.82) is 0 Å². The van der Waals surface area contributed by atoms with Crippen LogP contribution in [0.5, 0.6) is 17.2 Å². The van der Waals surface area contributed by atoms with Crippen LogP contribution in [0.2, 0.25) is 0 Å². The van der Waals surface area contributed by atoms with Gasteiger partial charge in [0.2, 0.25) is 0 Å². The predicted molar refractivity (Wildman–Crippen MR) is 169 cm³/mol. The molecule has 0 radical (unpaired) electrons. The highest BCUT2D eigenvalue weighted by Gasteiger charge is 2.34. The maximum Gasteiger partial charge on any atom is 0.315 e. The number of nitrogens with zero attached hydrogens (tertiary/aromatic N) is 2. The lowest BCUT2D eigenvalue weighted by atomic mass is 10.0. The van der Waals surface area contributed by atoms with E-state index in [-0.39, 0.29) is 49.2 Å². The second-order valence-electron chi connectivity index (χ2n) is 11.2. The van der Waals surface area contributed by atoms with Crippen LogP contribution < -0.4 is 31.0 Å². The summed E-state index contributed by atoms with van der Waals surface area (Å²) < 4.78 is 24.8. The lowest BCUT2D eigenvalue weighted by Crippen LogP contribution is -2.58. The number of carbonyl (C=O) groups excluding carboxylic acids is 3. The number of carbonyl (C=O) groups is 3. The van der Waals surface area contributed by atoms with E-state index >= 15 is 0 Å². The second-order valence-corrected chi connectivity index (χ2v) is 11.2. The number of hydrogen-bond acceptors (Lipinski definition) is 8. The summed E-state index contributed by atoms with van der Waals surface area (Å²) in [6, 6.07) is 14.7. The highest BCUT2D eigenvalue weighted by atomic mass is 16.5. The molecule has 0 saturated carbocycles. The summed E-state index contributed by atoms with van der Waals surface area (Å²) in [5.41, 5.74) is 1.60. The van der Waals surface area contributed by atoms with Crippen LogP contribution in [0.3, 0.4) is 0 Å². The molecule has 0 spiro atoms. The van der Waals surface area contributed by atoms with E-state index in [2.05, 4.69) is 16.0 Å². The minimum Gasteiger partial charge on any atom is -0.491 e. The number of nitrogens with one attached hydrogen (secondary N) is 3. The van der Waals surface area contributed by atoms with E-state index in [1.165, 1.54) is 4.57 Å². The molecule has 5 rings (SSSR count). The molecular formula is C33H39N5O8. The van der Waals surface area contributed by atoms with E-state index in [0.29, 0.717) is 49.0 Å². The fourth-order valence-electron chi connectivity index (χ4n) is 5.30. The van der Waals surface area contributed by atoms with Gasteiger partial charge >= 0.3 is 6.03 Å². The monoisotopic (exact) mass is 633 g/mol. The molecule has 46 heavy (non-hydrogen) atoms. The largest absolute Gasteiger partial charge is 0.491 e. The average molecular weight is 634 g/mol. The fraction of sp³-hybridized carbons (Fsp3) is 0.394. The van der Waals surface area contributed by atoms with Crippen molar-refractivity contribution in [3.05, 3.63) is 87.3 Å². The van der Waals surface area contributed by atoms with Gasteiger partial charge in [0.1, 0.15) is 29.4 Å². The normalized spacial score (nSPS) is 18.9. The number of ether oxygens (including phenoxy) is 4. The maximum absolute atomic E-state index is 13.4. The standard InChI is InChI=1S/C33H39N5O8/c1-21-7-8-27(31(40)37(21)2)32(41)38-12-9-28-29(19-38)45-20-22-5-4-6-24(15-22)46-26-17-23(16-25(18-26)44-14-13-43-3)30(39)34-10-11-35-33(42)36-28/h4-8,15-18,28-29H,9-14,19-20H2,1-3H3,(H,34,39)(H2,35,36,42)/t28-,29-/m0/s1. The molecule has 0 unspecified atom stereocenters. The number of methoxy groups -OCH3 is 1. The summed E-state index contributed by atoms with van der Waals surface area (Å²) in [5, 5.41) is 8.54. The lowest BCUT2D eigenvalue weighted by Gasteiger charge is -2.38. The zero-order valence-corrected chi connectivity index (χ0v) is 26.2. The van der Waals surface area contributed by atoms with Crippen molar-refractivity contribution in [3.8, 4) is 17.2 Å². The average Bonchev–Trinajstić information content (AvgIpc) is 3.04. The van der Waals surface area contributed by atoms with Crippen molar-refractivity contribution in [1.82, 2.24) is 25.4 Å². The molecule has 1 fully saturated rings. The van der Waals surface area contributed by atoms with Gasteiger partial charge in [-0.1, -0.05) is 12.1 Å². The lowest BCUT2D eigenvalue weighted by molar-refractivity contribution is -0.0236. The summed E-state index contributed by atoms with van der Waals surface area (Å²) in [6.07, 6.45) is -0.149. The summed E-state index contributed by atoms with van der Waals surface area (Å²) in [6.45, 7) is 3.49. The Morgan fingerprint density at radius 2 is 1.83 bits per heavy atom. The minimum atomic E-state index is -0.565. The highest BCUT2D eigenvalue weighted by molar-refractivity contribution is 5.95. The Balaban J connectivity index is 1.38. The van der Waals surface area contributed by atoms with Gasteiger partial charge in [0, 0.05) is 57.7 Å². The van der Waals surface area contributed by atoms with Crippen LogP contribution in [-0.4, -0.2) is 86.0 Å². The summed E-state index contributed by atoms with van der Waals surface area (Å²) >= 11 is 0. The molecule has 3 heterocycles. The Morgan fingerprint density at radius 3 is 2.65 bits per heavy atom. The molecule has 13 nitrogen and oxygen atoms in total. The van der Waals surface area contributed by atoms with Crippen molar-refractivity contribution in [2.24, 2.45) is 7.05 Å². The third-order valence-corrected chi connectivity index (χ3v) is 7.94. The molecule has 2 aliphatic rings. The van der Waals surface area contributed by atoms with Gasteiger partial charge in [0.05, 0.1) is 25.4 Å². The molecule has 13 heteroatoms. The van der Waals surface area contributed by atoms with Crippen LogP contribution in [0, 0.1) is 6.92 Å². The highest BCUT2D eigenvalue weighted by Crippen LogP contribution is 2.29. The third-order valence-electron chi connectivity index (χ3n) is 7.94. The molecule has 2 atom stereocenters.